The molecule has 1 saturated heterocycles. The van der Waals surface area contributed by atoms with Crippen LogP contribution in [0.3, 0.4) is 0 Å². The van der Waals surface area contributed by atoms with E-state index in [0.717, 1.165) is 9.87 Å². The zero-order valence-corrected chi connectivity index (χ0v) is 16.9. The molecular formula is C18H18Cl2N2O5S. The highest BCUT2D eigenvalue weighted by Crippen LogP contribution is 2.31. The number of carbonyl (C=O) groups excluding carboxylic acids is 1. The Morgan fingerprint density at radius 3 is 2.54 bits per heavy atom. The summed E-state index contributed by atoms with van der Waals surface area (Å²) in [7, 11) is -4.06. The van der Waals surface area contributed by atoms with Crippen molar-refractivity contribution in [1.29, 1.82) is 0 Å². The number of benzene rings is 2. The summed E-state index contributed by atoms with van der Waals surface area (Å²) in [4.78, 5) is 12.0. The first-order chi connectivity index (χ1) is 13.3. The lowest BCUT2D eigenvalue weighted by molar-refractivity contribution is -0.132. The molecule has 7 nitrogen and oxygen atoms in total. The molecule has 28 heavy (non-hydrogen) atoms. The van der Waals surface area contributed by atoms with Gasteiger partial charge in [-0.2, -0.15) is 4.31 Å². The number of amides is 1. The molecule has 150 valence electrons. The van der Waals surface area contributed by atoms with Crippen molar-refractivity contribution in [2.24, 2.45) is 0 Å². The first-order valence-corrected chi connectivity index (χ1v) is 10.6. The summed E-state index contributed by atoms with van der Waals surface area (Å²) in [5.74, 6) is -0.825. The van der Waals surface area contributed by atoms with E-state index >= 15 is 0 Å². The molecule has 0 aliphatic carbocycles. The molecule has 0 radical (unpaired) electrons. The molecule has 2 N–H and O–H groups in total. The van der Waals surface area contributed by atoms with Crippen molar-refractivity contribution in [3.8, 4) is 0 Å². The molecule has 0 spiro atoms. The third kappa shape index (κ3) is 4.48. The number of hydrogen-bond donors (Lipinski definition) is 2. The monoisotopic (exact) mass is 444 g/mol. The number of rotatable bonds is 6. The van der Waals surface area contributed by atoms with Crippen LogP contribution in [0.25, 0.3) is 0 Å². The Morgan fingerprint density at radius 2 is 1.89 bits per heavy atom. The number of nitrogens with zero attached hydrogens (tertiary/aromatic N) is 1. The highest BCUT2D eigenvalue weighted by Gasteiger charge is 2.44. The van der Waals surface area contributed by atoms with Crippen molar-refractivity contribution in [3.05, 3.63) is 64.1 Å². The van der Waals surface area contributed by atoms with Gasteiger partial charge in [-0.3, -0.25) is 10.0 Å². The molecule has 2 aromatic carbocycles. The Morgan fingerprint density at radius 1 is 1.18 bits per heavy atom. The Balaban J connectivity index is 1.82. The molecule has 1 amide bonds. The fourth-order valence-electron chi connectivity index (χ4n) is 3.03. The maximum Gasteiger partial charge on any atom is 0.261 e. The van der Waals surface area contributed by atoms with Crippen molar-refractivity contribution in [3.63, 3.8) is 0 Å². The van der Waals surface area contributed by atoms with E-state index in [9.17, 15) is 13.2 Å². The summed E-state index contributed by atoms with van der Waals surface area (Å²) < 4.78 is 32.9. The number of carbonyl (C=O) groups is 1. The Bertz CT molecular complexity index is 956. The normalized spacial score (nSPS) is 20.2. The van der Waals surface area contributed by atoms with Gasteiger partial charge in [0.2, 0.25) is 10.0 Å². The fourth-order valence-corrected chi connectivity index (χ4v) is 5.05. The average molecular weight is 445 g/mol. The summed E-state index contributed by atoms with van der Waals surface area (Å²) >= 11 is 11.8. The van der Waals surface area contributed by atoms with Gasteiger partial charge in [-0.1, -0.05) is 53.5 Å². The first kappa shape index (κ1) is 21.0. The van der Waals surface area contributed by atoms with Gasteiger partial charge in [-0.25, -0.2) is 13.9 Å². The number of hydroxylamine groups is 1. The lowest BCUT2D eigenvalue weighted by atomic mass is 10.2. The zero-order valence-electron chi connectivity index (χ0n) is 14.6. The van der Waals surface area contributed by atoms with Crippen LogP contribution < -0.4 is 5.48 Å². The molecule has 0 saturated carbocycles. The standard InChI is InChI=1S/C18H18Cl2N2O5S/c19-15-7-6-14(9-16(15)20)28(25,26)22-10-13(8-17(22)18(23)21-24)27-11-12-4-2-1-3-5-12/h1-7,9,13,17,24H,8,10-11H2,(H,21,23)/t13-,17-/m1/s1. The lowest BCUT2D eigenvalue weighted by Gasteiger charge is -2.22. The van der Waals surface area contributed by atoms with Gasteiger partial charge in [-0.15, -0.1) is 0 Å². The topological polar surface area (TPSA) is 95.9 Å². The maximum atomic E-state index is 13.1. The van der Waals surface area contributed by atoms with E-state index in [2.05, 4.69) is 0 Å². The third-order valence-electron chi connectivity index (χ3n) is 4.46. The van der Waals surface area contributed by atoms with Crippen molar-refractivity contribution in [2.75, 3.05) is 6.54 Å². The largest absolute Gasteiger partial charge is 0.372 e. The highest BCUT2D eigenvalue weighted by atomic mass is 35.5. The van der Waals surface area contributed by atoms with Gasteiger partial charge in [0.1, 0.15) is 6.04 Å². The fraction of sp³-hybridized carbons (Fsp3) is 0.278. The van der Waals surface area contributed by atoms with Crippen molar-refractivity contribution in [1.82, 2.24) is 9.79 Å². The maximum absolute atomic E-state index is 13.1. The minimum atomic E-state index is -4.06. The van der Waals surface area contributed by atoms with Crippen molar-refractivity contribution in [2.45, 2.75) is 30.1 Å². The molecule has 0 bridgehead atoms. The molecule has 2 atom stereocenters. The van der Waals surface area contributed by atoms with Gasteiger partial charge in [0.15, 0.2) is 0 Å². The number of nitrogens with one attached hydrogen (secondary N) is 1. The molecule has 0 unspecified atom stereocenters. The lowest BCUT2D eigenvalue weighted by Crippen LogP contribution is -2.45. The summed E-state index contributed by atoms with van der Waals surface area (Å²) in [6, 6.07) is 12.2. The number of hydrogen-bond acceptors (Lipinski definition) is 5. The van der Waals surface area contributed by atoms with Crippen LogP contribution in [-0.4, -0.2) is 42.5 Å². The van der Waals surface area contributed by atoms with E-state index in [4.69, 9.17) is 33.1 Å². The summed E-state index contributed by atoms with van der Waals surface area (Å²) in [6.45, 7) is 0.243. The third-order valence-corrected chi connectivity index (χ3v) is 7.07. The van der Waals surface area contributed by atoms with Crippen LogP contribution in [0.5, 0.6) is 0 Å². The molecular weight excluding hydrogens is 427 g/mol. The van der Waals surface area contributed by atoms with Crippen LogP contribution in [0.1, 0.15) is 12.0 Å². The molecule has 1 aliphatic rings. The Hall–Kier alpha value is -1.68. The first-order valence-electron chi connectivity index (χ1n) is 8.39. The Labute approximate surface area is 172 Å². The van der Waals surface area contributed by atoms with E-state index in [1.54, 1.807) is 0 Å². The van der Waals surface area contributed by atoms with E-state index in [1.807, 2.05) is 30.3 Å². The minimum absolute atomic E-state index is 0.0342. The highest BCUT2D eigenvalue weighted by molar-refractivity contribution is 7.89. The summed E-state index contributed by atoms with van der Waals surface area (Å²) in [5, 5.41) is 9.33. The van der Waals surface area contributed by atoms with Gasteiger partial charge in [0, 0.05) is 13.0 Å². The molecule has 3 rings (SSSR count). The van der Waals surface area contributed by atoms with Crippen LogP contribution in [0.2, 0.25) is 10.0 Å². The second kappa shape index (κ2) is 8.77. The molecule has 0 aromatic heterocycles. The summed E-state index contributed by atoms with van der Waals surface area (Å²) in [5.41, 5.74) is 2.45. The molecule has 1 fully saturated rings. The van der Waals surface area contributed by atoms with E-state index in [0.29, 0.717) is 0 Å². The van der Waals surface area contributed by atoms with Gasteiger partial charge in [-0.05, 0) is 23.8 Å². The Kier molecular flexibility index (Phi) is 6.59. The second-order valence-corrected chi connectivity index (χ2v) is 9.00. The van der Waals surface area contributed by atoms with Crippen LogP contribution in [0.4, 0.5) is 0 Å². The molecule has 1 heterocycles. The van der Waals surface area contributed by atoms with E-state index in [-0.39, 0.29) is 34.5 Å². The molecule has 1 aliphatic heterocycles. The minimum Gasteiger partial charge on any atom is -0.372 e. The van der Waals surface area contributed by atoms with Crippen LogP contribution >= 0.6 is 23.2 Å². The van der Waals surface area contributed by atoms with Crippen LogP contribution in [0, 0.1) is 0 Å². The predicted octanol–water partition coefficient (Wildman–Crippen LogP) is 2.85. The van der Waals surface area contributed by atoms with Gasteiger partial charge >= 0.3 is 0 Å². The SMILES string of the molecule is O=C(NO)[C@H]1C[C@@H](OCc2ccccc2)CN1S(=O)(=O)c1ccc(Cl)c(Cl)c1. The predicted molar refractivity (Wildman–Crippen MR) is 104 cm³/mol. The van der Waals surface area contributed by atoms with Gasteiger partial charge in [0.05, 0.1) is 27.7 Å². The van der Waals surface area contributed by atoms with Crippen LogP contribution in [0.15, 0.2) is 53.4 Å². The zero-order chi connectivity index (χ0) is 20.3. The van der Waals surface area contributed by atoms with Crippen LogP contribution in [-0.2, 0) is 26.2 Å². The molecule has 2 aromatic rings. The van der Waals surface area contributed by atoms with Gasteiger partial charge in [0.25, 0.3) is 5.91 Å². The summed E-state index contributed by atoms with van der Waals surface area (Å²) in [6.07, 6.45) is -0.403. The quantitative estimate of drug-likeness (QED) is 0.527. The number of sulfonamides is 1. The number of ether oxygens (including phenoxy) is 1. The van der Waals surface area contributed by atoms with E-state index < -0.39 is 28.1 Å². The van der Waals surface area contributed by atoms with Gasteiger partial charge < -0.3 is 4.74 Å². The number of halogens is 2. The van der Waals surface area contributed by atoms with Crippen molar-refractivity contribution < 1.29 is 23.2 Å². The second-order valence-electron chi connectivity index (χ2n) is 6.30. The average Bonchev–Trinajstić information content (AvgIpc) is 3.14. The van der Waals surface area contributed by atoms with E-state index in [1.165, 1.54) is 23.7 Å². The van der Waals surface area contributed by atoms with Crippen molar-refractivity contribution >= 4 is 39.1 Å². The smallest absolute Gasteiger partial charge is 0.261 e. The molecule has 10 heteroatoms.